The molecule has 1 saturated carbocycles. The third-order valence-electron chi connectivity index (χ3n) is 7.35. The molecule has 0 bridgehead atoms. The van der Waals surface area contributed by atoms with Gasteiger partial charge in [0.05, 0.1) is 29.3 Å². The number of hydrogen-bond acceptors (Lipinski definition) is 5. The average Bonchev–Trinajstić information content (AvgIpc) is 3.47. The van der Waals surface area contributed by atoms with Gasteiger partial charge in [-0.1, -0.05) is 6.07 Å². The Bertz CT molecular complexity index is 1190. The van der Waals surface area contributed by atoms with Gasteiger partial charge in [0.25, 0.3) is 0 Å². The van der Waals surface area contributed by atoms with Crippen molar-refractivity contribution in [2.75, 3.05) is 19.7 Å². The Morgan fingerprint density at radius 3 is 2.54 bits per heavy atom. The molecule has 1 N–H and O–H groups in total. The van der Waals surface area contributed by atoms with E-state index in [2.05, 4.69) is 32.7 Å². The summed E-state index contributed by atoms with van der Waals surface area (Å²) in [4.78, 5) is 18.5. The first-order chi connectivity index (χ1) is 17.0. The van der Waals surface area contributed by atoms with Gasteiger partial charge in [0, 0.05) is 25.7 Å². The molecule has 2 aliphatic rings. The van der Waals surface area contributed by atoms with Crippen LogP contribution in [0.3, 0.4) is 0 Å². The highest BCUT2D eigenvalue weighted by Gasteiger charge is 2.24. The number of piperidine rings is 1. The minimum atomic E-state index is -0.918. The highest BCUT2D eigenvalue weighted by Crippen LogP contribution is 2.34. The van der Waals surface area contributed by atoms with Gasteiger partial charge in [-0.25, -0.2) is 9.78 Å². The lowest BCUT2D eigenvalue weighted by Crippen LogP contribution is -2.34. The molecule has 1 aliphatic carbocycles. The fourth-order valence-corrected chi connectivity index (χ4v) is 5.61. The number of aromatic nitrogens is 2. The Morgan fingerprint density at radius 1 is 1.06 bits per heavy atom. The molecule has 0 unspecified atom stereocenters. The van der Waals surface area contributed by atoms with Crippen LogP contribution >= 0.6 is 0 Å². The quantitative estimate of drug-likeness (QED) is 0.455. The van der Waals surface area contributed by atoms with Crippen LogP contribution in [0.5, 0.6) is 11.5 Å². The zero-order valence-electron chi connectivity index (χ0n) is 20.7. The number of hydrogen-bond donors (Lipinski definition) is 1. The molecule has 0 spiro atoms. The molecule has 5 rings (SSSR count). The molecule has 1 saturated heterocycles. The number of imidazole rings is 1. The first-order valence-corrected chi connectivity index (χ1v) is 12.9. The minimum Gasteiger partial charge on any atom is -0.490 e. The number of aromatic carboxylic acids is 1. The second-order valence-corrected chi connectivity index (χ2v) is 9.78. The molecule has 0 amide bonds. The van der Waals surface area contributed by atoms with E-state index >= 15 is 0 Å². The molecular weight excluding hydrogens is 442 g/mol. The van der Waals surface area contributed by atoms with E-state index in [4.69, 9.17) is 9.47 Å². The molecule has 0 atom stereocenters. The lowest BCUT2D eigenvalue weighted by atomic mass is 10.0. The number of carboxylic acids is 1. The van der Waals surface area contributed by atoms with Gasteiger partial charge >= 0.3 is 5.97 Å². The van der Waals surface area contributed by atoms with E-state index in [-0.39, 0.29) is 5.56 Å². The van der Waals surface area contributed by atoms with Crippen molar-refractivity contribution < 1.29 is 19.4 Å². The van der Waals surface area contributed by atoms with Gasteiger partial charge in [0.15, 0.2) is 11.5 Å². The Kier molecular flexibility index (Phi) is 6.95. The van der Waals surface area contributed by atoms with E-state index < -0.39 is 5.97 Å². The van der Waals surface area contributed by atoms with Crippen molar-refractivity contribution in [3.63, 3.8) is 0 Å². The maximum atomic E-state index is 11.3. The van der Waals surface area contributed by atoms with Gasteiger partial charge in [-0.3, -0.25) is 4.90 Å². The number of likely N-dealkylation sites (tertiary alicyclic amines) is 1. The van der Waals surface area contributed by atoms with E-state index in [1.54, 1.807) is 12.1 Å². The molecule has 7 nitrogen and oxygen atoms in total. The van der Waals surface area contributed by atoms with Crippen LogP contribution in [-0.2, 0) is 6.54 Å². The van der Waals surface area contributed by atoms with Gasteiger partial charge in [0.2, 0.25) is 0 Å². The van der Waals surface area contributed by atoms with Crippen LogP contribution in [0.15, 0.2) is 36.4 Å². The number of nitrogens with zero attached hydrogens (tertiary/aromatic N) is 3. The smallest absolute Gasteiger partial charge is 0.335 e. The largest absolute Gasteiger partial charge is 0.490 e. The van der Waals surface area contributed by atoms with Gasteiger partial charge < -0.3 is 19.1 Å². The second-order valence-electron chi connectivity index (χ2n) is 9.78. The van der Waals surface area contributed by atoms with Crippen molar-refractivity contribution in [1.29, 1.82) is 0 Å². The van der Waals surface area contributed by atoms with Crippen LogP contribution in [0.1, 0.15) is 73.2 Å². The Labute approximate surface area is 206 Å². The molecule has 7 heteroatoms. The first kappa shape index (κ1) is 23.7. The monoisotopic (exact) mass is 477 g/mol. The number of carboxylic acid groups (broad SMARTS) is 1. The number of aryl methyl sites for hydroxylation is 1. The minimum absolute atomic E-state index is 0.281. The summed E-state index contributed by atoms with van der Waals surface area (Å²) in [5.41, 5.74) is 3.30. The highest BCUT2D eigenvalue weighted by atomic mass is 16.5. The fraction of sp³-hybridized carbons (Fsp3) is 0.500. The van der Waals surface area contributed by atoms with Gasteiger partial charge in [-0.2, -0.15) is 0 Å². The summed E-state index contributed by atoms with van der Waals surface area (Å²) < 4.78 is 14.5. The van der Waals surface area contributed by atoms with Crippen molar-refractivity contribution >= 4 is 17.0 Å². The summed E-state index contributed by atoms with van der Waals surface area (Å²) >= 11 is 0. The van der Waals surface area contributed by atoms with Crippen molar-refractivity contribution in [3.8, 4) is 11.5 Å². The summed E-state index contributed by atoms with van der Waals surface area (Å²) in [7, 11) is 0. The van der Waals surface area contributed by atoms with Gasteiger partial charge in [0.1, 0.15) is 5.82 Å². The van der Waals surface area contributed by atoms with Gasteiger partial charge in [-0.15, -0.1) is 0 Å². The summed E-state index contributed by atoms with van der Waals surface area (Å²) in [6, 6.07) is 12.0. The SMILES string of the molecule is CCOc1cc(CN2CCC(n3c(C)nc4cc(C(=O)O)ccc43)CC2)ccc1OC1CCCC1. The zero-order valence-corrected chi connectivity index (χ0v) is 20.7. The number of rotatable bonds is 8. The Balaban J connectivity index is 1.24. The summed E-state index contributed by atoms with van der Waals surface area (Å²) in [5, 5.41) is 9.29. The maximum Gasteiger partial charge on any atom is 0.335 e. The molecular formula is C28H35N3O4. The predicted octanol–water partition coefficient (Wildman–Crippen LogP) is 5.60. The van der Waals surface area contributed by atoms with Gasteiger partial charge in [-0.05, 0) is 88.3 Å². The number of ether oxygens (including phenoxy) is 2. The van der Waals surface area contributed by atoms with E-state index in [1.165, 1.54) is 18.4 Å². The molecule has 2 fully saturated rings. The summed E-state index contributed by atoms with van der Waals surface area (Å²) in [6.45, 7) is 7.55. The summed E-state index contributed by atoms with van der Waals surface area (Å²) in [6.07, 6.45) is 7.16. The van der Waals surface area contributed by atoms with Crippen molar-refractivity contribution in [1.82, 2.24) is 14.5 Å². The van der Waals surface area contributed by atoms with Crippen molar-refractivity contribution in [2.45, 2.75) is 71.1 Å². The standard InChI is InChI=1S/C28H35N3O4/c1-3-34-27-16-20(8-11-26(27)35-23-6-4-5-7-23)18-30-14-12-22(13-15-30)31-19(2)29-24-17-21(28(32)33)9-10-25(24)31/h8-11,16-17,22-23H,3-7,12-15,18H2,1-2H3,(H,32,33). The molecule has 186 valence electrons. The first-order valence-electron chi connectivity index (χ1n) is 12.9. The number of carbonyl (C=O) groups is 1. The Hall–Kier alpha value is -3.06. The number of fused-ring (bicyclic) bond motifs is 1. The average molecular weight is 478 g/mol. The number of benzene rings is 2. The lowest BCUT2D eigenvalue weighted by molar-refractivity contribution is 0.0697. The maximum absolute atomic E-state index is 11.3. The Morgan fingerprint density at radius 2 is 1.83 bits per heavy atom. The highest BCUT2D eigenvalue weighted by molar-refractivity contribution is 5.92. The predicted molar refractivity (Wildman–Crippen MR) is 135 cm³/mol. The molecule has 1 aromatic heterocycles. The molecule has 2 aromatic carbocycles. The van der Waals surface area contributed by atoms with Crippen molar-refractivity contribution in [3.05, 3.63) is 53.3 Å². The van der Waals surface area contributed by atoms with E-state index in [0.717, 1.165) is 73.7 Å². The third-order valence-corrected chi connectivity index (χ3v) is 7.35. The van der Waals surface area contributed by atoms with E-state index in [9.17, 15) is 9.90 Å². The lowest BCUT2D eigenvalue weighted by Gasteiger charge is -2.33. The summed E-state index contributed by atoms with van der Waals surface area (Å²) in [5.74, 6) is 1.75. The van der Waals surface area contributed by atoms with E-state index in [0.29, 0.717) is 18.8 Å². The fourth-order valence-electron chi connectivity index (χ4n) is 5.61. The second kappa shape index (κ2) is 10.3. The zero-order chi connectivity index (χ0) is 24.4. The van der Waals surface area contributed by atoms with Crippen LogP contribution in [0.2, 0.25) is 0 Å². The molecule has 35 heavy (non-hydrogen) atoms. The van der Waals surface area contributed by atoms with E-state index in [1.807, 2.05) is 19.9 Å². The van der Waals surface area contributed by atoms with Crippen LogP contribution < -0.4 is 9.47 Å². The van der Waals surface area contributed by atoms with Crippen molar-refractivity contribution in [2.24, 2.45) is 0 Å². The molecule has 1 aliphatic heterocycles. The van der Waals surface area contributed by atoms with Crippen LogP contribution in [0.4, 0.5) is 0 Å². The van der Waals surface area contributed by atoms with Crippen LogP contribution in [-0.4, -0.2) is 51.3 Å². The molecule has 0 radical (unpaired) electrons. The van der Waals surface area contributed by atoms with Crippen LogP contribution in [0.25, 0.3) is 11.0 Å². The third kappa shape index (κ3) is 5.15. The molecule has 2 heterocycles. The molecule has 3 aromatic rings. The van der Waals surface area contributed by atoms with Crippen LogP contribution in [0, 0.1) is 6.92 Å². The normalized spacial score (nSPS) is 17.8. The topological polar surface area (TPSA) is 76.8 Å².